The first kappa shape index (κ1) is 15.6. The van der Waals surface area contributed by atoms with Crippen LogP contribution in [0.15, 0.2) is 12.2 Å². The van der Waals surface area contributed by atoms with E-state index in [1.807, 2.05) is 6.92 Å². The van der Waals surface area contributed by atoms with Crippen LogP contribution in [0.25, 0.3) is 0 Å². The summed E-state index contributed by atoms with van der Waals surface area (Å²) in [5.74, 6) is 0.438. The van der Waals surface area contributed by atoms with E-state index < -0.39 is 10.0 Å². The molecular formula is C12H24N2O3S. The highest BCUT2D eigenvalue weighted by Crippen LogP contribution is 2.11. The topological polar surface area (TPSA) is 67.4 Å². The van der Waals surface area contributed by atoms with Crippen LogP contribution in [0.1, 0.15) is 19.8 Å². The largest absolute Gasteiger partial charge is 0.376 e. The Kier molecular flexibility index (Phi) is 6.85. The van der Waals surface area contributed by atoms with Crippen LogP contribution in [0.4, 0.5) is 0 Å². The van der Waals surface area contributed by atoms with E-state index in [1.165, 1.54) is 0 Å². The maximum atomic E-state index is 11.8. The minimum Gasteiger partial charge on any atom is -0.376 e. The lowest BCUT2D eigenvalue weighted by molar-refractivity contribution is 0.162. The van der Waals surface area contributed by atoms with Gasteiger partial charge in [-0.1, -0.05) is 12.2 Å². The zero-order chi connectivity index (χ0) is 13.4. The second kappa shape index (κ2) is 7.89. The molecule has 18 heavy (non-hydrogen) atoms. The van der Waals surface area contributed by atoms with Gasteiger partial charge in [0.05, 0.1) is 19.0 Å². The second-order valence-electron chi connectivity index (χ2n) is 4.90. The molecule has 0 radical (unpaired) electrons. The molecule has 1 fully saturated rings. The average Bonchev–Trinajstić information content (AvgIpc) is 2.28. The first-order valence-corrected chi connectivity index (χ1v) is 8.05. The van der Waals surface area contributed by atoms with Gasteiger partial charge in [-0.05, 0) is 38.8 Å². The van der Waals surface area contributed by atoms with Crippen molar-refractivity contribution in [2.45, 2.75) is 19.8 Å². The highest BCUT2D eigenvalue weighted by atomic mass is 32.2. The summed E-state index contributed by atoms with van der Waals surface area (Å²) < 4.78 is 31.4. The fourth-order valence-corrected chi connectivity index (χ4v) is 3.37. The summed E-state index contributed by atoms with van der Waals surface area (Å²) in [6.07, 6.45) is 2.04. The Morgan fingerprint density at radius 2 is 2.33 bits per heavy atom. The van der Waals surface area contributed by atoms with Crippen LogP contribution in [0.2, 0.25) is 0 Å². The van der Waals surface area contributed by atoms with Crippen molar-refractivity contribution in [1.29, 1.82) is 0 Å². The van der Waals surface area contributed by atoms with Gasteiger partial charge in [0.25, 0.3) is 0 Å². The molecule has 5 nitrogen and oxygen atoms in total. The molecule has 2 N–H and O–H groups in total. The lowest BCUT2D eigenvalue weighted by Crippen LogP contribution is -2.38. The lowest BCUT2D eigenvalue weighted by Gasteiger charge is -2.22. The quantitative estimate of drug-likeness (QED) is 0.500. The zero-order valence-electron chi connectivity index (χ0n) is 11.1. The summed E-state index contributed by atoms with van der Waals surface area (Å²) in [6.45, 7) is 8.57. The van der Waals surface area contributed by atoms with Crippen molar-refractivity contribution in [1.82, 2.24) is 10.0 Å². The van der Waals surface area contributed by atoms with Gasteiger partial charge in [-0.3, -0.25) is 0 Å². The highest BCUT2D eigenvalue weighted by Gasteiger charge is 2.20. The van der Waals surface area contributed by atoms with Crippen LogP contribution in [0.5, 0.6) is 0 Å². The normalized spacial score (nSPS) is 20.8. The van der Waals surface area contributed by atoms with Gasteiger partial charge in [-0.25, -0.2) is 13.1 Å². The van der Waals surface area contributed by atoms with Gasteiger partial charge in [0.15, 0.2) is 0 Å². The Balaban J connectivity index is 2.16. The molecule has 0 bridgehead atoms. The minimum absolute atomic E-state index is 0.209. The summed E-state index contributed by atoms with van der Waals surface area (Å²) in [7, 11) is -3.17. The molecule has 1 aliphatic rings. The van der Waals surface area contributed by atoms with Crippen LogP contribution < -0.4 is 10.0 Å². The van der Waals surface area contributed by atoms with Crippen LogP contribution in [-0.4, -0.2) is 47.0 Å². The molecule has 1 aliphatic heterocycles. The summed E-state index contributed by atoms with van der Waals surface area (Å²) in [6, 6.07) is 0. The summed E-state index contributed by atoms with van der Waals surface area (Å²) in [4.78, 5) is 0. The fraction of sp³-hybridized carbons (Fsp3) is 0.833. The molecule has 1 heterocycles. The Labute approximate surface area is 110 Å². The van der Waals surface area contributed by atoms with Crippen molar-refractivity contribution in [2.75, 3.05) is 38.6 Å². The number of hydrogen-bond acceptors (Lipinski definition) is 4. The Bertz CT molecular complexity index is 348. The number of sulfonamides is 1. The van der Waals surface area contributed by atoms with Crippen LogP contribution in [0.3, 0.4) is 0 Å². The monoisotopic (exact) mass is 276 g/mol. The van der Waals surface area contributed by atoms with Crippen molar-refractivity contribution in [3.63, 3.8) is 0 Å². The fourth-order valence-electron chi connectivity index (χ4n) is 1.95. The van der Waals surface area contributed by atoms with Gasteiger partial charge < -0.3 is 10.1 Å². The van der Waals surface area contributed by atoms with E-state index in [2.05, 4.69) is 16.6 Å². The summed E-state index contributed by atoms with van der Waals surface area (Å²) in [5, 5.41) is 3.22. The number of nitrogens with one attached hydrogen (secondary N) is 2. The van der Waals surface area contributed by atoms with Crippen molar-refractivity contribution < 1.29 is 13.2 Å². The SMILES string of the molecule is C=C(C)COCCNS(=O)(=O)CC1CCCNC1. The molecule has 0 aromatic heterocycles. The minimum atomic E-state index is -3.17. The molecule has 0 saturated carbocycles. The maximum Gasteiger partial charge on any atom is 0.211 e. The predicted octanol–water partition coefficient (Wildman–Crippen LogP) is 0.498. The molecule has 1 saturated heterocycles. The smallest absolute Gasteiger partial charge is 0.211 e. The third kappa shape index (κ3) is 7.10. The first-order chi connectivity index (χ1) is 8.49. The van der Waals surface area contributed by atoms with E-state index in [0.717, 1.165) is 31.5 Å². The zero-order valence-corrected chi connectivity index (χ0v) is 11.9. The second-order valence-corrected chi connectivity index (χ2v) is 6.75. The third-order valence-electron chi connectivity index (χ3n) is 2.77. The van der Waals surface area contributed by atoms with E-state index >= 15 is 0 Å². The summed E-state index contributed by atoms with van der Waals surface area (Å²) in [5.41, 5.74) is 0.936. The Morgan fingerprint density at radius 1 is 1.56 bits per heavy atom. The average molecular weight is 276 g/mol. The van der Waals surface area contributed by atoms with Gasteiger partial charge in [0.2, 0.25) is 10.0 Å². The number of hydrogen-bond donors (Lipinski definition) is 2. The number of piperidine rings is 1. The molecule has 0 aliphatic carbocycles. The van der Waals surface area contributed by atoms with Crippen LogP contribution in [-0.2, 0) is 14.8 Å². The van der Waals surface area contributed by atoms with E-state index in [4.69, 9.17) is 4.74 Å². The molecule has 0 spiro atoms. The third-order valence-corrected chi connectivity index (χ3v) is 4.33. The number of ether oxygens (including phenoxy) is 1. The molecule has 1 unspecified atom stereocenters. The highest BCUT2D eigenvalue weighted by molar-refractivity contribution is 7.89. The van der Waals surface area contributed by atoms with Gasteiger partial charge in [0, 0.05) is 6.54 Å². The molecule has 0 amide bonds. The standard InChI is InChI=1S/C12H24N2O3S/c1-11(2)9-17-7-6-14-18(15,16)10-12-4-3-5-13-8-12/h12-14H,1,3-10H2,2H3. The molecule has 1 atom stereocenters. The number of rotatable bonds is 8. The van der Waals surface area contributed by atoms with Crippen molar-refractivity contribution in [2.24, 2.45) is 5.92 Å². The molecular weight excluding hydrogens is 252 g/mol. The Morgan fingerprint density at radius 3 is 2.94 bits per heavy atom. The van der Waals surface area contributed by atoms with Crippen LogP contribution in [0, 0.1) is 5.92 Å². The van der Waals surface area contributed by atoms with E-state index in [0.29, 0.717) is 19.8 Å². The van der Waals surface area contributed by atoms with E-state index in [1.54, 1.807) is 0 Å². The molecule has 106 valence electrons. The van der Waals surface area contributed by atoms with Gasteiger partial charge >= 0.3 is 0 Å². The molecule has 6 heteroatoms. The molecule has 1 rings (SSSR count). The van der Waals surface area contributed by atoms with Gasteiger partial charge in [-0.15, -0.1) is 0 Å². The Hall–Kier alpha value is -0.430. The van der Waals surface area contributed by atoms with Crippen molar-refractivity contribution >= 4 is 10.0 Å². The first-order valence-electron chi connectivity index (χ1n) is 6.40. The van der Waals surface area contributed by atoms with Crippen molar-refractivity contribution in [3.05, 3.63) is 12.2 Å². The van der Waals surface area contributed by atoms with Gasteiger partial charge in [0.1, 0.15) is 0 Å². The lowest BCUT2D eigenvalue weighted by atomic mass is 10.0. The predicted molar refractivity (Wildman–Crippen MR) is 73.0 cm³/mol. The maximum absolute atomic E-state index is 11.8. The molecule has 0 aromatic carbocycles. The van der Waals surface area contributed by atoms with E-state index in [-0.39, 0.29) is 11.7 Å². The van der Waals surface area contributed by atoms with Crippen molar-refractivity contribution in [3.8, 4) is 0 Å². The summed E-state index contributed by atoms with van der Waals surface area (Å²) >= 11 is 0. The van der Waals surface area contributed by atoms with Crippen LogP contribution >= 0.6 is 0 Å². The van der Waals surface area contributed by atoms with E-state index in [9.17, 15) is 8.42 Å². The molecule has 0 aromatic rings. The van der Waals surface area contributed by atoms with Gasteiger partial charge in [-0.2, -0.15) is 0 Å².